The number of Topliss-reactive ketones (excluding diaryl/α,β-unsaturated/α-hetero) is 1. The molecule has 1 atom stereocenters. The number of carbonyl (C=O) groups is 3. The SMILES string of the molecule is CC(=O)C(Cc1ccccc1)NC(=O)COC(=O)c1occc1COc1ccccc1. The lowest BCUT2D eigenvalue weighted by molar-refractivity contribution is -0.128. The van der Waals surface area contributed by atoms with Crippen LogP contribution in [0.1, 0.15) is 28.6 Å². The number of carbonyl (C=O) groups excluding carboxylic acids is 3. The lowest BCUT2D eigenvalue weighted by Crippen LogP contribution is -2.43. The summed E-state index contributed by atoms with van der Waals surface area (Å²) >= 11 is 0. The molecule has 0 saturated carbocycles. The number of esters is 1. The first kappa shape index (κ1) is 21.8. The van der Waals surface area contributed by atoms with Crippen LogP contribution in [0.5, 0.6) is 5.75 Å². The Labute approximate surface area is 180 Å². The number of furan rings is 1. The van der Waals surface area contributed by atoms with Gasteiger partial charge in [0.2, 0.25) is 5.76 Å². The Morgan fingerprint density at radius 2 is 1.65 bits per heavy atom. The van der Waals surface area contributed by atoms with E-state index in [9.17, 15) is 14.4 Å². The molecule has 2 aromatic carbocycles. The van der Waals surface area contributed by atoms with Crippen molar-refractivity contribution in [3.8, 4) is 5.75 Å². The van der Waals surface area contributed by atoms with E-state index in [2.05, 4.69) is 5.32 Å². The Balaban J connectivity index is 1.51. The summed E-state index contributed by atoms with van der Waals surface area (Å²) in [5.74, 6) is -0.922. The lowest BCUT2D eigenvalue weighted by Gasteiger charge is -2.16. The van der Waals surface area contributed by atoms with Gasteiger partial charge in [-0.3, -0.25) is 9.59 Å². The van der Waals surface area contributed by atoms with Gasteiger partial charge < -0.3 is 19.2 Å². The van der Waals surface area contributed by atoms with Crippen molar-refractivity contribution in [1.29, 1.82) is 0 Å². The van der Waals surface area contributed by atoms with Crippen molar-refractivity contribution in [3.05, 3.63) is 89.9 Å². The highest BCUT2D eigenvalue weighted by Gasteiger charge is 2.21. The fraction of sp³-hybridized carbons (Fsp3) is 0.208. The van der Waals surface area contributed by atoms with Gasteiger partial charge in [0.05, 0.1) is 12.3 Å². The molecule has 1 N–H and O–H groups in total. The molecular weight excluding hydrogens is 398 g/mol. The normalized spacial score (nSPS) is 11.4. The van der Waals surface area contributed by atoms with E-state index in [4.69, 9.17) is 13.9 Å². The maximum atomic E-state index is 12.3. The molecule has 31 heavy (non-hydrogen) atoms. The van der Waals surface area contributed by atoms with Crippen molar-refractivity contribution >= 4 is 17.7 Å². The number of nitrogens with one attached hydrogen (secondary N) is 1. The average Bonchev–Trinajstić information content (AvgIpc) is 3.26. The van der Waals surface area contributed by atoms with Gasteiger partial charge in [-0.2, -0.15) is 0 Å². The van der Waals surface area contributed by atoms with E-state index in [-0.39, 0.29) is 18.2 Å². The van der Waals surface area contributed by atoms with E-state index < -0.39 is 24.5 Å². The molecule has 0 radical (unpaired) electrons. The van der Waals surface area contributed by atoms with Gasteiger partial charge in [0.1, 0.15) is 12.4 Å². The predicted molar refractivity (Wildman–Crippen MR) is 113 cm³/mol. The number of hydrogen-bond acceptors (Lipinski definition) is 6. The molecule has 3 rings (SSSR count). The fourth-order valence-corrected chi connectivity index (χ4v) is 2.89. The molecule has 0 saturated heterocycles. The minimum atomic E-state index is -0.783. The number of hydrogen-bond donors (Lipinski definition) is 1. The molecule has 3 aromatic rings. The Morgan fingerprint density at radius 3 is 2.32 bits per heavy atom. The summed E-state index contributed by atoms with van der Waals surface area (Å²) in [7, 11) is 0. The van der Waals surface area contributed by atoms with Crippen LogP contribution in [0.2, 0.25) is 0 Å². The number of benzene rings is 2. The van der Waals surface area contributed by atoms with Crippen LogP contribution in [-0.2, 0) is 27.4 Å². The van der Waals surface area contributed by atoms with Crippen LogP contribution in [0.25, 0.3) is 0 Å². The number of rotatable bonds is 10. The number of ether oxygens (including phenoxy) is 2. The third-order valence-electron chi connectivity index (χ3n) is 4.51. The van der Waals surface area contributed by atoms with Crippen LogP contribution < -0.4 is 10.1 Å². The van der Waals surface area contributed by atoms with E-state index in [1.807, 2.05) is 48.5 Å². The summed E-state index contributed by atoms with van der Waals surface area (Å²) in [6.45, 7) is 0.986. The smallest absolute Gasteiger partial charge is 0.375 e. The van der Waals surface area contributed by atoms with Crippen molar-refractivity contribution in [2.75, 3.05) is 6.61 Å². The quantitative estimate of drug-likeness (QED) is 0.505. The zero-order chi connectivity index (χ0) is 22.1. The largest absolute Gasteiger partial charge is 0.489 e. The topological polar surface area (TPSA) is 94.8 Å². The summed E-state index contributed by atoms with van der Waals surface area (Å²) in [5.41, 5.74) is 1.42. The Hall–Kier alpha value is -3.87. The minimum absolute atomic E-state index is 0.0314. The maximum Gasteiger partial charge on any atom is 0.375 e. The van der Waals surface area contributed by atoms with Gasteiger partial charge in [-0.25, -0.2) is 4.79 Å². The molecule has 1 unspecified atom stereocenters. The first-order chi connectivity index (χ1) is 15.0. The Morgan fingerprint density at radius 1 is 0.968 bits per heavy atom. The van der Waals surface area contributed by atoms with Gasteiger partial charge >= 0.3 is 5.97 Å². The summed E-state index contributed by atoms with van der Waals surface area (Å²) in [4.78, 5) is 36.4. The highest BCUT2D eigenvalue weighted by atomic mass is 16.5. The molecule has 160 valence electrons. The number of para-hydroxylation sites is 1. The Kier molecular flexibility index (Phi) is 7.59. The number of ketones is 1. The van der Waals surface area contributed by atoms with Crippen LogP contribution in [0.3, 0.4) is 0 Å². The van der Waals surface area contributed by atoms with E-state index in [1.54, 1.807) is 18.2 Å². The molecule has 7 heteroatoms. The average molecular weight is 421 g/mol. The molecule has 0 bridgehead atoms. The summed E-state index contributed by atoms with van der Waals surface area (Å²) in [5, 5.41) is 2.61. The Bertz CT molecular complexity index is 1010. The van der Waals surface area contributed by atoms with Gasteiger partial charge in [-0.15, -0.1) is 0 Å². The summed E-state index contributed by atoms with van der Waals surface area (Å²) in [6.07, 6.45) is 1.71. The molecule has 7 nitrogen and oxygen atoms in total. The molecule has 1 amide bonds. The van der Waals surface area contributed by atoms with E-state index in [0.717, 1.165) is 5.56 Å². The lowest BCUT2D eigenvalue weighted by atomic mass is 10.0. The second kappa shape index (κ2) is 10.8. The minimum Gasteiger partial charge on any atom is -0.489 e. The van der Waals surface area contributed by atoms with Crippen molar-refractivity contribution in [3.63, 3.8) is 0 Å². The standard InChI is InChI=1S/C24H23NO6/c1-17(26)21(14-18-8-4-2-5-9-18)25-22(27)16-31-24(28)23-19(12-13-29-23)15-30-20-10-6-3-7-11-20/h2-13,21H,14-16H2,1H3,(H,25,27). The highest BCUT2D eigenvalue weighted by molar-refractivity contribution is 5.91. The van der Waals surface area contributed by atoms with Crippen LogP contribution in [0.15, 0.2) is 77.4 Å². The van der Waals surface area contributed by atoms with Crippen LogP contribution >= 0.6 is 0 Å². The van der Waals surface area contributed by atoms with E-state index >= 15 is 0 Å². The van der Waals surface area contributed by atoms with E-state index in [0.29, 0.717) is 17.7 Å². The molecule has 0 fully saturated rings. The van der Waals surface area contributed by atoms with Crippen molar-refractivity contribution < 1.29 is 28.3 Å². The van der Waals surface area contributed by atoms with Crippen LogP contribution in [0.4, 0.5) is 0 Å². The molecule has 1 aromatic heterocycles. The highest BCUT2D eigenvalue weighted by Crippen LogP contribution is 2.16. The maximum absolute atomic E-state index is 12.3. The number of amides is 1. The molecule has 0 aliphatic carbocycles. The van der Waals surface area contributed by atoms with Gasteiger partial charge in [0.25, 0.3) is 5.91 Å². The first-order valence-electron chi connectivity index (χ1n) is 9.78. The van der Waals surface area contributed by atoms with Crippen molar-refractivity contribution in [1.82, 2.24) is 5.32 Å². The third-order valence-corrected chi connectivity index (χ3v) is 4.51. The van der Waals surface area contributed by atoms with Gasteiger partial charge in [0.15, 0.2) is 12.4 Å². The second-order valence-electron chi connectivity index (χ2n) is 6.87. The first-order valence-corrected chi connectivity index (χ1v) is 9.78. The second-order valence-corrected chi connectivity index (χ2v) is 6.87. The fourth-order valence-electron chi connectivity index (χ4n) is 2.89. The monoisotopic (exact) mass is 421 g/mol. The van der Waals surface area contributed by atoms with Gasteiger partial charge in [-0.05, 0) is 37.1 Å². The zero-order valence-corrected chi connectivity index (χ0v) is 17.1. The molecule has 0 aliphatic rings. The van der Waals surface area contributed by atoms with Crippen LogP contribution in [-0.4, -0.2) is 30.3 Å². The van der Waals surface area contributed by atoms with Gasteiger partial charge in [-0.1, -0.05) is 48.5 Å². The van der Waals surface area contributed by atoms with E-state index in [1.165, 1.54) is 13.2 Å². The zero-order valence-electron chi connectivity index (χ0n) is 17.1. The molecule has 0 aliphatic heterocycles. The molecular formula is C24H23NO6. The molecule has 0 spiro atoms. The summed E-state index contributed by atoms with van der Waals surface area (Å²) < 4.78 is 15.9. The molecule has 1 heterocycles. The predicted octanol–water partition coefficient (Wildman–Crippen LogP) is 3.33. The van der Waals surface area contributed by atoms with Crippen molar-refractivity contribution in [2.45, 2.75) is 26.0 Å². The van der Waals surface area contributed by atoms with Gasteiger partial charge in [0, 0.05) is 5.56 Å². The summed E-state index contributed by atoms with van der Waals surface area (Å²) in [6, 6.07) is 19.4. The van der Waals surface area contributed by atoms with Crippen molar-refractivity contribution in [2.24, 2.45) is 0 Å². The third kappa shape index (κ3) is 6.57. The van der Waals surface area contributed by atoms with Crippen LogP contribution in [0, 0.1) is 0 Å².